The molecule has 3 unspecified atom stereocenters. The highest BCUT2D eigenvalue weighted by Crippen LogP contribution is 2.31. The van der Waals surface area contributed by atoms with E-state index < -0.39 is 0 Å². The van der Waals surface area contributed by atoms with Crippen molar-refractivity contribution < 1.29 is 19.1 Å². The average molecular weight is 354 g/mol. The number of ether oxygens (including phenoxy) is 2. The van der Waals surface area contributed by atoms with Crippen LogP contribution in [-0.4, -0.2) is 66.1 Å². The summed E-state index contributed by atoms with van der Waals surface area (Å²) < 4.78 is 10.2. The largest absolute Gasteiger partial charge is 0.445 e. The van der Waals surface area contributed by atoms with Gasteiger partial charge in [-0.2, -0.15) is 12.6 Å². The second kappa shape index (κ2) is 9.01. The summed E-state index contributed by atoms with van der Waals surface area (Å²) in [5, 5.41) is 0.168. The first kappa shape index (κ1) is 18.7. The molecule has 0 saturated carbocycles. The van der Waals surface area contributed by atoms with E-state index in [1.807, 2.05) is 0 Å². The third-order valence-electron chi connectivity index (χ3n) is 4.43. The van der Waals surface area contributed by atoms with Crippen molar-refractivity contribution in [3.05, 3.63) is 25.3 Å². The predicted molar refractivity (Wildman–Crippen MR) is 95.3 cm³/mol. The van der Waals surface area contributed by atoms with Crippen LogP contribution in [0.3, 0.4) is 0 Å². The fraction of sp³-hybridized carbons (Fsp3) is 0.647. The molecule has 0 bridgehead atoms. The van der Waals surface area contributed by atoms with Gasteiger partial charge in [0, 0.05) is 30.9 Å². The van der Waals surface area contributed by atoms with Gasteiger partial charge in [0.05, 0.1) is 0 Å². The minimum atomic E-state index is -0.309. The van der Waals surface area contributed by atoms with Crippen molar-refractivity contribution in [1.82, 2.24) is 9.80 Å². The maximum atomic E-state index is 12.2. The SMILES string of the molecule is C=CCOC(=O)N1CCC(CC2CC(S)CN2C(=O)OCC=C)C1. The molecule has 134 valence electrons. The molecule has 0 aromatic heterocycles. The van der Waals surface area contributed by atoms with Gasteiger partial charge in [-0.15, -0.1) is 0 Å². The molecule has 3 atom stereocenters. The second-order valence-electron chi connectivity index (χ2n) is 6.26. The van der Waals surface area contributed by atoms with E-state index in [4.69, 9.17) is 9.47 Å². The lowest BCUT2D eigenvalue weighted by Gasteiger charge is -2.26. The van der Waals surface area contributed by atoms with E-state index in [1.165, 1.54) is 0 Å². The van der Waals surface area contributed by atoms with E-state index >= 15 is 0 Å². The van der Waals surface area contributed by atoms with Gasteiger partial charge in [0.15, 0.2) is 0 Å². The summed E-state index contributed by atoms with van der Waals surface area (Å²) in [4.78, 5) is 27.5. The summed E-state index contributed by atoms with van der Waals surface area (Å²) in [6.45, 7) is 9.49. The Morgan fingerprint density at radius 3 is 2.46 bits per heavy atom. The van der Waals surface area contributed by atoms with E-state index in [1.54, 1.807) is 22.0 Å². The molecular weight excluding hydrogens is 328 g/mol. The fourth-order valence-electron chi connectivity index (χ4n) is 3.35. The molecule has 2 fully saturated rings. The van der Waals surface area contributed by atoms with Crippen LogP contribution in [0, 0.1) is 5.92 Å². The molecule has 2 heterocycles. The third kappa shape index (κ3) is 4.93. The van der Waals surface area contributed by atoms with Crippen molar-refractivity contribution in [2.24, 2.45) is 5.92 Å². The summed E-state index contributed by atoms with van der Waals surface area (Å²) in [6.07, 6.45) is 5.14. The van der Waals surface area contributed by atoms with Gasteiger partial charge in [-0.1, -0.05) is 25.3 Å². The summed E-state index contributed by atoms with van der Waals surface area (Å²) in [5.74, 6) is 0.361. The van der Waals surface area contributed by atoms with Crippen LogP contribution in [0.25, 0.3) is 0 Å². The molecule has 2 rings (SSSR count). The quantitative estimate of drug-likeness (QED) is 0.589. The van der Waals surface area contributed by atoms with E-state index in [0.717, 1.165) is 19.3 Å². The molecule has 0 aromatic rings. The number of nitrogens with zero attached hydrogens (tertiary/aromatic N) is 2. The van der Waals surface area contributed by atoms with E-state index in [-0.39, 0.29) is 36.7 Å². The zero-order valence-corrected chi connectivity index (χ0v) is 14.8. The maximum absolute atomic E-state index is 12.2. The fourth-order valence-corrected chi connectivity index (χ4v) is 3.77. The first-order valence-corrected chi connectivity index (χ1v) is 8.81. The number of hydrogen-bond donors (Lipinski definition) is 1. The van der Waals surface area contributed by atoms with Gasteiger partial charge < -0.3 is 19.3 Å². The van der Waals surface area contributed by atoms with Crippen LogP contribution in [0.1, 0.15) is 19.3 Å². The molecule has 0 aromatic carbocycles. The molecule has 2 aliphatic heterocycles. The number of hydrogen-bond acceptors (Lipinski definition) is 5. The van der Waals surface area contributed by atoms with Gasteiger partial charge >= 0.3 is 12.2 Å². The molecule has 7 heteroatoms. The monoisotopic (exact) mass is 354 g/mol. The van der Waals surface area contributed by atoms with Crippen molar-refractivity contribution in [2.45, 2.75) is 30.6 Å². The molecule has 2 saturated heterocycles. The molecule has 0 spiro atoms. The van der Waals surface area contributed by atoms with Gasteiger partial charge in [0.2, 0.25) is 0 Å². The first-order valence-electron chi connectivity index (χ1n) is 8.30. The lowest BCUT2D eigenvalue weighted by molar-refractivity contribution is 0.102. The van der Waals surface area contributed by atoms with Crippen LogP contribution in [0.15, 0.2) is 25.3 Å². The van der Waals surface area contributed by atoms with Gasteiger partial charge in [-0.25, -0.2) is 9.59 Å². The molecule has 24 heavy (non-hydrogen) atoms. The van der Waals surface area contributed by atoms with Crippen molar-refractivity contribution in [1.29, 1.82) is 0 Å². The van der Waals surface area contributed by atoms with Crippen LogP contribution < -0.4 is 0 Å². The Morgan fingerprint density at radius 2 is 1.79 bits per heavy atom. The first-order chi connectivity index (χ1) is 11.5. The summed E-state index contributed by atoms with van der Waals surface area (Å²) >= 11 is 4.52. The van der Waals surface area contributed by atoms with Crippen LogP contribution in [0.5, 0.6) is 0 Å². The van der Waals surface area contributed by atoms with Crippen LogP contribution in [-0.2, 0) is 9.47 Å². The zero-order valence-electron chi connectivity index (χ0n) is 13.9. The van der Waals surface area contributed by atoms with Gasteiger partial charge in [-0.05, 0) is 25.2 Å². The number of amides is 2. The number of rotatable bonds is 6. The van der Waals surface area contributed by atoms with Crippen LogP contribution in [0.4, 0.5) is 9.59 Å². The Balaban J connectivity index is 1.85. The Kier molecular flexibility index (Phi) is 7.02. The van der Waals surface area contributed by atoms with Crippen LogP contribution in [0.2, 0.25) is 0 Å². The van der Waals surface area contributed by atoms with Crippen molar-refractivity contribution in [3.63, 3.8) is 0 Å². The number of thiol groups is 1. The lowest BCUT2D eigenvalue weighted by Crippen LogP contribution is -2.38. The number of carbonyl (C=O) groups is 2. The highest BCUT2D eigenvalue weighted by Gasteiger charge is 2.38. The van der Waals surface area contributed by atoms with E-state index in [9.17, 15) is 9.59 Å². The summed E-state index contributed by atoms with van der Waals surface area (Å²) in [5.41, 5.74) is 0. The molecule has 0 radical (unpaired) electrons. The Labute approximate surface area is 148 Å². The predicted octanol–water partition coefficient (Wildman–Crippen LogP) is 2.72. The van der Waals surface area contributed by atoms with Gasteiger partial charge in [0.1, 0.15) is 13.2 Å². The minimum Gasteiger partial charge on any atom is -0.445 e. The average Bonchev–Trinajstić information content (AvgIpc) is 3.17. The maximum Gasteiger partial charge on any atom is 0.410 e. The topological polar surface area (TPSA) is 59.1 Å². The zero-order chi connectivity index (χ0) is 17.5. The van der Waals surface area contributed by atoms with Crippen molar-refractivity contribution in [2.75, 3.05) is 32.8 Å². The van der Waals surface area contributed by atoms with E-state index in [0.29, 0.717) is 25.6 Å². The lowest BCUT2D eigenvalue weighted by atomic mass is 9.97. The third-order valence-corrected chi connectivity index (χ3v) is 4.80. The normalized spacial score (nSPS) is 26.3. The highest BCUT2D eigenvalue weighted by atomic mass is 32.1. The second-order valence-corrected chi connectivity index (χ2v) is 6.99. The Bertz CT molecular complexity index is 485. The number of likely N-dealkylation sites (tertiary alicyclic amines) is 2. The minimum absolute atomic E-state index is 0.110. The summed E-state index contributed by atoms with van der Waals surface area (Å²) in [6, 6.07) is 0.110. The van der Waals surface area contributed by atoms with Gasteiger partial charge in [-0.3, -0.25) is 0 Å². The molecule has 0 aliphatic carbocycles. The number of carbonyl (C=O) groups excluding carboxylic acids is 2. The molecule has 6 nitrogen and oxygen atoms in total. The molecule has 0 N–H and O–H groups in total. The molecule has 2 aliphatic rings. The Morgan fingerprint density at radius 1 is 1.12 bits per heavy atom. The highest BCUT2D eigenvalue weighted by molar-refractivity contribution is 7.81. The Hall–Kier alpha value is -1.63. The summed E-state index contributed by atoms with van der Waals surface area (Å²) in [7, 11) is 0. The van der Waals surface area contributed by atoms with Crippen LogP contribution >= 0.6 is 12.6 Å². The standard InChI is InChI=1S/C17H26N2O4S/c1-3-7-22-16(20)18-6-5-13(11-18)9-14-10-15(24)12-19(14)17(21)23-8-4-2/h3-4,13-15,24H,1-2,5-12H2. The van der Waals surface area contributed by atoms with E-state index in [2.05, 4.69) is 25.8 Å². The molecular formula is C17H26N2O4S. The van der Waals surface area contributed by atoms with Crippen molar-refractivity contribution in [3.8, 4) is 0 Å². The molecule has 2 amide bonds. The smallest absolute Gasteiger partial charge is 0.410 e. The van der Waals surface area contributed by atoms with Crippen molar-refractivity contribution >= 4 is 24.8 Å². The van der Waals surface area contributed by atoms with Gasteiger partial charge in [0.25, 0.3) is 0 Å².